The van der Waals surface area contributed by atoms with Gasteiger partial charge in [-0.15, -0.1) is 0 Å². The van der Waals surface area contributed by atoms with Crippen molar-refractivity contribution in [3.63, 3.8) is 0 Å². The highest BCUT2D eigenvalue weighted by atomic mass is 32.2. The summed E-state index contributed by atoms with van der Waals surface area (Å²) in [6.07, 6.45) is 0.103. The van der Waals surface area contributed by atoms with E-state index >= 15 is 0 Å². The summed E-state index contributed by atoms with van der Waals surface area (Å²) in [6.45, 7) is 4.89. The smallest absolute Gasteiger partial charge is 0.215 e. The molecule has 6 heteroatoms. The van der Waals surface area contributed by atoms with Gasteiger partial charge >= 0.3 is 0 Å². The number of nitrogens with one attached hydrogen (secondary N) is 1. The van der Waals surface area contributed by atoms with E-state index in [0.717, 1.165) is 11.1 Å². The number of benzene rings is 1. The molecule has 3 N–H and O–H groups in total. The van der Waals surface area contributed by atoms with Gasteiger partial charge in [0.2, 0.25) is 10.0 Å². The van der Waals surface area contributed by atoms with Gasteiger partial charge in [-0.05, 0) is 25.0 Å². The van der Waals surface area contributed by atoms with Gasteiger partial charge in [0.25, 0.3) is 0 Å². The first kappa shape index (κ1) is 16.1. The summed E-state index contributed by atoms with van der Waals surface area (Å²) >= 11 is 0. The SMILES string of the molecule is CC(C)OCCNS(=O)(=O)Cc1cccc(CN)c1. The number of hydrogen-bond acceptors (Lipinski definition) is 4. The summed E-state index contributed by atoms with van der Waals surface area (Å²) < 4.78 is 31.5. The van der Waals surface area contributed by atoms with Crippen LogP contribution in [-0.2, 0) is 27.1 Å². The molecule has 0 aliphatic rings. The van der Waals surface area contributed by atoms with E-state index in [1.54, 1.807) is 6.07 Å². The van der Waals surface area contributed by atoms with E-state index in [4.69, 9.17) is 10.5 Å². The Hall–Kier alpha value is -0.950. The van der Waals surface area contributed by atoms with E-state index in [1.807, 2.05) is 32.0 Å². The summed E-state index contributed by atoms with van der Waals surface area (Å²) in [4.78, 5) is 0. The number of nitrogens with two attached hydrogens (primary N) is 1. The molecule has 0 fully saturated rings. The van der Waals surface area contributed by atoms with Crippen LogP contribution in [0.15, 0.2) is 24.3 Å². The second-order valence-electron chi connectivity index (χ2n) is 4.60. The van der Waals surface area contributed by atoms with Crippen molar-refractivity contribution in [2.75, 3.05) is 13.2 Å². The fourth-order valence-corrected chi connectivity index (χ4v) is 2.72. The molecule has 0 unspecified atom stereocenters. The third-order valence-corrected chi connectivity index (χ3v) is 3.82. The van der Waals surface area contributed by atoms with Gasteiger partial charge in [0.15, 0.2) is 0 Å². The summed E-state index contributed by atoms with van der Waals surface area (Å²) in [5.41, 5.74) is 7.19. The minimum atomic E-state index is -3.33. The fraction of sp³-hybridized carbons (Fsp3) is 0.538. The van der Waals surface area contributed by atoms with E-state index in [1.165, 1.54) is 0 Å². The molecule has 0 radical (unpaired) electrons. The molecule has 1 aromatic carbocycles. The highest BCUT2D eigenvalue weighted by Gasteiger charge is 2.11. The second kappa shape index (κ2) is 7.59. The quantitative estimate of drug-likeness (QED) is 0.698. The van der Waals surface area contributed by atoms with Crippen molar-refractivity contribution < 1.29 is 13.2 Å². The largest absolute Gasteiger partial charge is 0.377 e. The lowest BCUT2D eigenvalue weighted by Gasteiger charge is -2.10. The lowest BCUT2D eigenvalue weighted by molar-refractivity contribution is 0.0834. The zero-order valence-electron chi connectivity index (χ0n) is 11.4. The molecule has 108 valence electrons. The molecule has 1 rings (SSSR count). The Bertz CT molecular complexity index is 486. The predicted octanol–water partition coefficient (Wildman–Crippen LogP) is 0.990. The van der Waals surface area contributed by atoms with E-state index in [9.17, 15) is 8.42 Å². The molecule has 5 nitrogen and oxygen atoms in total. The molecular formula is C13H22N2O3S. The Kier molecular flexibility index (Phi) is 6.44. The molecule has 0 spiro atoms. The highest BCUT2D eigenvalue weighted by molar-refractivity contribution is 7.88. The average Bonchev–Trinajstić information content (AvgIpc) is 2.34. The molecule has 0 bridgehead atoms. The Morgan fingerprint density at radius 1 is 1.32 bits per heavy atom. The minimum absolute atomic E-state index is 0.0392. The first-order chi connectivity index (χ1) is 8.93. The second-order valence-corrected chi connectivity index (χ2v) is 6.40. The van der Waals surface area contributed by atoms with Crippen molar-refractivity contribution in [2.45, 2.75) is 32.2 Å². The summed E-state index contributed by atoms with van der Waals surface area (Å²) in [7, 11) is -3.33. The maximum atomic E-state index is 11.8. The van der Waals surface area contributed by atoms with Crippen LogP contribution >= 0.6 is 0 Å². The van der Waals surface area contributed by atoms with E-state index in [0.29, 0.717) is 13.2 Å². The molecule has 1 aromatic rings. The number of rotatable bonds is 8. The maximum Gasteiger partial charge on any atom is 0.215 e. The normalized spacial score (nSPS) is 12.0. The third-order valence-electron chi connectivity index (χ3n) is 2.46. The van der Waals surface area contributed by atoms with Gasteiger partial charge in [-0.2, -0.15) is 0 Å². The molecule has 0 aromatic heterocycles. The molecule has 0 amide bonds. The van der Waals surface area contributed by atoms with Crippen molar-refractivity contribution in [2.24, 2.45) is 5.73 Å². The van der Waals surface area contributed by atoms with Crippen LogP contribution in [0.3, 0.4) is 0 Å². The molecule has 0 saturated carbocycles. The first-order valence-electron chi connectivity index (χ1n) is 6.30. The van der Waals surface area contributed by atoms with Crippen LogP contribution in [0.5, 0.6) is 0 Å². The van der Waals surface area contributed by atoms with E-state index in [2.05, 4.69) is 4.72 Å². The molecule has 0 saturated heterocycles. The monoisotopic (exact) mass is 286 g/mol. The lowest BCUT2D eigenvalue weighted by atomic mass is 10.1. The summed E-state index contributed by atoms with van der Waals surface area (Å²) in [6, 6.07) is 7.28. The third kappa shape index (κ3) is 6.68. The van der Waals surface area contributed by atoms with Crippen molar-refractivity contribution in [3.8, 4) is 0 Å². The van der Waals surface area contributed by atoms with Crippen LogP contribution < -0.4 is 10.5 Å². The summed E-state index contributed by atoms with van der Waals surface area (Å²) in [5.74, 6) is -0.0392. The lowest BCUT2D eigenvalue weighted by Crippen LogP contribution is -2.29. The van der Waals surface area contributed by atoms with Crippen LogP contribution in [0.25, 0.3) is 0 Å². The van der Waals surface area contributed by atoms with Gasteiger partial charge in [0.1, 0.15) is 0 Å². The molecular weight excluding hydrogens is 264 g/mol. The molecule has 0 atom stereocenters. The Morgan fingerprint density at radius 2 is 2.00 bits per heavy atom. The topological polar surface area (TPSA) is 81.4 Å². The van der Waals surface area contributed by atoms with Crippen LogP contribution in [0, 0.1) is 0 Å². The van der Waals surface area contributed by atoms with Crippen molar-refractivity contribution in [1.82, 2.24) is 4.72 Å². The Balaban J connectivity index is 2.49. The van der Waals surface area contributed by atoms with Gasteiger partial charge < -0.3 is 10.5 Å². The molecule has 0 aliphatic carbocycles. The van der Waals surface area contributed by atoms with Crippen LogP contribution in [0.1, 0.15) is 25.0 Å². The molecule has 19 heavy (non-hydrogen) atoms. The van der Waals surface area contributed by atoms with Gasteiger partial charge in [-0.25, -0.2) is 13.1 Å². The number of ether oxygens (including phenoxy) is 1. The average molecular weight is 286 g/mol. The Labute approximate surface area is 115 Å². The molecule has 0 heterocycles. The minimum Gasteiger partial charge on any atom is -0.377 e. The van der Waals surface area contributed by atoms with Crippen molar-refractivity contribution in [3.05, 3.63) is 35.4 Å². The van der Waals surface area contributed by atoms with Crippen LogP contribution in [0.2, 0.25) is 0 Å². The zero-order chi connectivity index (χ0) is 14.3. The fourth-order valence-electron chi connectivity index (χ4n) is 1.61. The highest BCUT2D eigenvalue weighted by Crippen LogP contribution is 2.08. The van der Waals surface area contributed by atoms with E-state index in [-0.39, 0.29) is 18.4 Å². The first-order valence-corrected chi connectivity index (χ1v) is 7.95. The van der Waals surface area contributed by atoms with Gasteiger partial charge in [0, 0.05) is 13.1 Å². The number of hydrogen-bond donors (Lipinski definition) is 2. The summed E-state index contributed by atoms with van der Waals surface area (Å²) in [5, 5.41) is 0. The number of sulfonamides is 1. The van der Waals surface area contributed by atoms with Gasteiger partial charge in [-0.1, -0.05) is 24.3 Å². The maximum absolute atomic E-state index is 11.8. The Morgan fingerprint density at radius 3 is 2.63 bits per heavy atom. The van der Waals surface area contributed by atoms with Crippen LogP contribution in [0.4, 0.5) is 0 Å². The van der Waals surface area contributed by atoms with E-state index < -0.39 is 10.0 Å². The van der Waals surface area contributed by atoms with Gasteiger partial charge in [0.05, 0.1) is 18.5 Å². The van der Waals surface area contributed by atoms with Crippen molar-refractivity contribution >= 4 is 10.0 Å². The zero-order valence-corrected chi connectivity index (χ0v) is 12.2. The van der Waals surface area contributed by atoms with Crippen LogP contribution in [-0.4, -0.2) is 27.7 Å². The van der Waals surface area contributed by atoms with Gasteiger partial charge in [-0.3, -0.25) is 0 Å². The predicted molar refractivity (Wildman–Crippen MR) is 76.0 cm³/mol. The standard InChI is InChI=1S/C13H22N2O3S/c1-11(2)18-7-6-15-19(16,17)10-13-5-3-4-12(8-13)9-14/h3-5,8,11,15H,6-7,9-10,14H2,1-2H3. The van der Waals surface area contributed by atoms with Crippen molar-refractivity contribution in [1.29, 1.82) is 0 Å². The molecule has 0 aliphatic heterocycles.